The molecule has 0 spiro atoms. The minimum Gasteiger partial charge on any atom is -0.478 e. The molecule has 10 heteroatoms. The first-order valence-electron chi connectivity index (χ1n) is 20.3. The number of thioether (sulfide) groups is 1. The van der Waals surface area contributed by atoms with Crippen LogP contribution in [0.5, 0.6) is 0 Å². The Morgan fingerprint density at radius 3 is 2.19 bits per heavy atom. The highest BCUT2D eigenvalue weighted by molar-refractivity contribution is 7.99. The molecule has 3 saturated carbocycles. The zero-order valence-electron chi connectivity index (χ0n) is 34.6. The summed E-state index contributed by atoms with van der Waals surface area (Å²) in [5.41, 5.74) is 15.2. The van der Waals surface area contributed by atoms with Crippen LogP contribution in [0, 0.1) is 38.9 Å². The van der Waals surface area contributed by atoms with Gasteiger partial charge in [0.1, 0.15) is 5.54 Å². The van der Waals surface area contributed by atoms with Gasteiger partial charge in [-0.1, -0.05) is 58.0 Å². The molecule has 1 aliphatic heterocycles. The van der Waals surface area contributed by atoms with Gasteiger partial charge >= 0.3 is 5.97 Å². The van der Waals surface area contributed by atoms with E-state index in [1.54, 1.807) is 33.1 Å². The van der Waals surface area contributed by atoms with Crippen molar-refractivity contribution in [2.45, 2.75) is 123 Å². The molecule has 4 aliphatic carbocycles. The first kappa shape index (κ1) is 43.9. The third-order valence-corrected chi connectivity index (χ3v) is 15.5. The van der Waals surface area contributed by atoms with E-state index in [0.29, 0.717) is 29.9 Å². The topological polar surface area (TPSA) is 143 Å². The summed E-state index contributed by atoms with van der Waals surface area (Å²) in [6.45, 7) is 21.1. The fourth-order valence-electron chi connectivity index (χ4n) is 12.0. The number of nitroso groups, excluding NO2 is 1. The van der Waals surface area contributed by atoms with Gasteiger partial charge in [-0.15, -0.1) is 0 Å². The highest BCUT2D eigenvalue weighted by atomic mass is 32.2. The van der Waals surface area contributed by atoms with Crippen molar-refractivity contribution >= 4 is 23.3 Å². The largest absolute Gasteiger partial charge is 0.478 e. The van der Waals surface area contributed by atoms with Gasteiger partial charge in [-0.25, -0.2) is 4.79 Å². The maximum atomic E-state index is 11.5. The van der Waals surface area contributed by atoms with E-state index in [4.69, 9.17) is 10.5 Å². The number of allylic oxidation sites excluding steroid dienone is 2. The van der Waals surface area contributed by atoms with E-state index in [1.807, 2.05) is 12.1 Å². The van der Waals surface area contributed by atoms with Crippen LogP contribution in [-0.2, 0) is 4.74 Å². The number of nitrogens with zero attached hydrogens (tertiary/aromatic N) is 2. The highest BCUT2D eigenvalue weighted by Crippen LogP contribution is 2.71. The quantitative estimate of drug-likeness (QED) is 0.174. The van der Waals surface area contributed by atoms with Gasteiger partial charge in [-0.2, -0.15) is 16.7 Å². The SMILES string of the molecule is CCC1(NCCN2CCSCC2)CCC2C(N)(CCC3C2(C)CCC2C(C)(C)C(c4ccc(C(=O)O)cc4)=CCC23C)C1.CN.COCC(C)(C)N=O. The van der Waals surface area contributed by atoms with Gasteiger partial charge in [0.05, 0.1) is 12.2 Å². The van der Waals surface area contributed by atoms with Gasteiger partial charge < -0.3 is 31.5 Å². The highest BCUT2D eigenvalue weighted by Gasteiger charge is 2.66. The molecular formula is C43H73N5O4S. The van der Waals surface area contributed by atoms with Crippen LogP contribution in [0.3, 0.4) is 0 Å². The van der Waals surface area contributed by atoms with Crippen molar-refractivity contribution in [2.75, 3.05) is 58.4 Å². The van der Waals surface area contributed by atoms with Crippen LogP contribution >= 0.6 is 11.8 Å². The summed E-state index contributed by atoms with van der Waals surface area (Å²) in [6, 6.07) is 7.59. The van der Waals surface area contributed by atoms with E-state index in [0.717, 1.165) is 32.4 Å². The van der Waals surface area contributed by atoms with E-state index >= 15 is 0 Å². The predicted octanol–water partition coefficient (Wildman–Crippen LogP) is 8.07. The van der Waals surface area contributed by atoms with Crippen LogP contribution in [0.4, 0.5) is 0 Å². The molecule has 300 valence electrons. The summed E-state index contributed by atoms with van der Waals surface area (Å²) in [6.07, 6.45) is 13.4. The number of carboxylic acids is 1. The number of aromatic carboxylic acids is 1. The molecular weight excluding hydrogens is 683 g/mol. The van der Waals surface area contributed by atoms with Crippen LogP contribution in [0.1, 0.15) is 122 Å². The van der Waals surface area contributed by atoms with Gasteiger partial charge in [0.2, 0.25) is 0 Å². The van der Waals surface area contributed by atoms with E-state index in [2.05, 4.69) is 73.6 Å². The Hall–Kier alpha value is -1.82. The Bertz CT molecular complexity index is 1410. The summed E-state index contributed by atoms with van der Waals surface area (Å²) in [5.74, 6) is 3.58. The fraction of sp³-hybridized carbons (Fsp3) is 0.791. The van der Waals surface area contributed by atoms with E-state index in [-0.39, 0.29) is 27.3 Å². The number of nitrogens with two attached hydrogens (primary N) is 2. The molecule has 7 unspecified atom stereocenters. The van der Waals surface area contributed by atoms with Crippen molar-refractivity contribution in [3.8, 4) is 0 Å². The third-order valence-electron chi connectivity index (χ3n) is 14.5. The number of fused-ring (bicyclic) bond motifs is 5. The second kappa shape index (κ2) is 17.5. The number of nitrogens with one attached hydrogen (secondary N) is 1. The summed E-state index contributed by atoms with van der Waals surface area (Å²) < 4.78 is 4.70. The molecule has 0 bridgehead atoms. The molecule has 1 aromatic rings. The molecule has 9 nitrogen and oxygen atoms in total. The van der Waals surface area contributed by atoms with Crippen molar-refractivity contribution in [2.24, 2.45) is 50.6 Å². The molecule has 7 atom stereocenters. The Labute approximate surface area is 325 Å². The zero-order chi connectivity index (χ0) is 39.3. The minimum atomic E-state index is -0.859. The molecule has 0 radical (unpaired) electrons. The van der Waals surface area contributed by atoms with Crippen LogP contribution in [0.25, 0.3) is 5.57 Å². The Morgan fingerprint density at radius 1 is 1.00 bits per heavy atom. The minimum absolute atomic E-state index is 0.0389. The van der Waals surface area contributed by atoms with Gasteiger partial charge in [-0.3, -0.25) is 0 Å². The number of hydrogen-bond donors (Lipinski definition) is 4. The number of hydrogen-bond acceptors (Lipinski definition) is 9. The summed E-state index contributed by atoms with van der Waals surface area (Å²) in [5, 5.41) is 16.3. The smallest absolute Gasteiger partial charge is 0.335 e. The third kappa shape index (κ3) is 9.09. The summed E-state index contributed by atoms with van der Waals surface area (Å²) in [7, 11) is 3.05. The maximum absolute atomic E-state index is 11.5. The van der Waals surface area contributed by atoms with E-state index < -0.39 is 11.5 Å². The molecule has 1 saturated heterocycles. The average molecular weight is 756 g/mol. The summed E-state index contributed by atoms with van der Waals surface area (Å²) in [4.78, 5) is 24.0. The van der Waals surface area contributed by atoms with Crippen LogP contribution in [0.15, 0.2) is 35.5 Å². The Kier molecular flexibility index (Phi) is 14.5. The van der Waals surface area contributed by atoms with Crippen molar-refractivity contribution in [1.82, 2.24) is 10.2 Å². The average Bonchev–Trinajstić information content (AvgIpc) is 3.12. The lowest BCUT2D eigenvalue weighted by Gasteiger charge is -2.69. The molecule has 6 N–H and O–H groups in total. The lowest BCUT2D eigenvalue weighted by molar-refractivity contribution is -0.169. The normalized spacial score (nSPS) is 35.1. The van der Waals surface area contributed by atoms with Crippen molar-refractivity contribution in [3.63, 3.8) is 0 Å². The number of carbonyl (C=O) groups is 1. The first-order chi connectivity index (χ1) is 25.0. The van der Waals surface area contributed by atoms with E-state index in [9.17, 15) is 14.8 Å². The Morgan fingerprint density at radius 2 is 1.62 bits per heavy atom. The maximum Gasteiger partial charge on any atom is 0.335 e. The molecule has 1 heterocycles. The zero-order valence-corrected chi connectivity index (χ0v) is 35.4. The van der Waals surface area contributed by atoms with Gasteiger partial charge in [0, 0.05) is 55.9 Å². The molecule has 1 aromatic carbocycles. The number of methoxy groups -OCH3 is 1. The van der Waals surface area contributed by atoms with Gasteiger partial charge in [0.15, 0.2) is 0 Å². The first-order valence-corrected chi connectivity index (χ1v) is 21.4. The summed E-state index contributed by atoms with van der Waals surface area (Å²) >= 11 is 2.09. The number of ether oxygens (including phenoxy) is 1. The van der Waals surface area contributed by atoms with Gasteiger partial charge in [-0.05, 0) is 136 Å². The van der Waals surface area contributed by atoms with Gasteiger partial charge in [0.25, 0.3) is 0 Å². The molecule has 0 amide bonds. The standard InChI is InChI=1S/C37H57N3O2S.C5H11NO2.CH5N/c1-6-36(39-19-20-40-21-23-43-24-22-40)17-13-31-35(5)16-12-29-33(2,3)28(26-7-9-27(10-8-26)32(41)42)11-15-34(29,4)30(35)14-18-37(31,38)25-36;1-5(2,6-7)4-8-3;1-2/h7-11,29-31,39H,6,12-25,38H2,1-5H3,(H,41,42);4H2,1-3H3;2H2,1H3. The lowest BCUT2D eigenvalue weighted by atomic mass is 9.36. The second-order valence-electron chi connectivity index (χ2n) is 18.5. The molecule has 0 aromatic heterocycles. The van der Waals surface area contributed by atoms with Crippen molar-refractivity contribution in [3.05, 3.63) is 46.4 Å². The van der Waals surface area contributed by atoms with Crippen molar-refractivity contribution < 1.29 is 14.6 Å². The number of rotatable bonds is 10. The fourth-order valence-corrected chi connectivity index (χ4v) is 13.0. The van der Waals surface area contributed by atoms with Crippen LogP contribution in [0.2, 0.25) is 0 Å². The van der Waals surface area contributed by atoms with Crippen LogP contribution < -0.4 is 16.8 Å². The molecule has 53 heavy (non-hydrogen) atoms. The monoisotopic (exact) mass is 756 g/mol. The molecule has 5 aliphatic rings. The van der Waals surface area contributed by atoms with Crippen molar-refractivity contribution in [1.29, 1.82) is 0 Å². The predicted molar refractivity (Wildman–Crippen MR) is 222 cm³/mol. The number of carboxylic acid groups (broad SMARTS) is 1. The van der Waals surface area contributed by atoms with E-state index in [1.165, 1.54) is 81.3 Å². The molecule has 6 rings (SSSR count). The Balaban J connectivity index is 0.000000557. The number of benzene rings is 1. The lowest BCUT2D eigenvalue weighted by Crippen LogP contribution is -2.70. The van der Waals surface area contributed by atoms with Crippen LogP contribution in [-0.4, -0.2) is 91.0 Å². The molecule has 4 fully saturated rings. The second-order valence-corrected chi connectivity index (χ2v) is 19.7.